The first kappa shape index (κ1) is 22.4. The number of carboxylic acid groups (broad SMARTS) is 1. The van der Waals surface area contributed by atoms with Crippen LogP contribution >= 0.6 is 23.2 Å². The minimum absolute atomic E-state index is 0.0258. The van der Waals surface area contributed by atoms with E-state index in [2.05, 4.69) is 4.98 Å². The molecule has 1 aromatic heterocycles. The molecule has 0 amide bonds. The van der Waals surface area contributed by atoms with E-state index >= 15 is 0 Å². The summed E-state index contributed by atoms with van der Waals surface area (Å²) in [6.07, 6.45) is 0.615. The summed E-state index contributed by atoms with van der Waals surface area (Å²) < 4.78 is 25.5. The second-order valence-corrected chi connectivity index (χ2v) is 8.60. The number of piperidine rings is 1. The van der Waals surface area contributed by atoms with Gasteiger partial charge in [0.1, 0.15) is 23.6 Å². The van der Waals surface area contributed by atoms with Gasteiger partial charge in [0.05, 0.1) is 23.3 Å². The fraction of sp³-hybridized carbons (Fsp3) is 0.304. The Hall–Kier alpha value is -2.77. The highest BCUT2D eigenvalue weighted by atomic mass is 35.5. The monoisotopic (exact) mass is 478 g/mol. The number of hydrogen-bond acceptors (Lipinski definition) is 5. The number of aromatic nitrogens is 1. The minimum atomic E-state index is -1.09. The van der Waals surface area contributed by atoms with E-state index in [1.54, 1.807) is 36.4 Å². The maximum absolute atomic E-state index is 14.3. The van der Waals surface area contributed by atoms with Gasteiger partial charge in [0.25, 0.3) is 0 Å². The van der Waals surface area contributed by atoms with Crippen molar-refractivity contribution >= 4 is 45.8 Å². The zero-order valence-corrected chi connectivity index (χ0v) is 18.8. The maximum Gasteiger partial charge on any atom is 0.313 e. The molecular weight excluding hydrogens is 458 g/mol. The van der Waals surface area contributed by atoms with Gasteiger partial charge >= 0.3 is 5.97 Å². The Morgan fingerprint density at radius 2 is 1.94 bits per heavy atom. The van der Waals surface area contributed by atoms with E-state index < -0.39 is 17.2 Å². The highest BCUT2D eigenvalue weighted by Crippen LogP contribution is 2.38. The van der Waals surface area contributed by atoms with E-state index in [4.69, 9.17) is 32.7 Å². The van der Waals surface area contributed by atoms with Gasteiger partial charge in [-0.05, 0) is 49.2 Å². The lowest BCUT2D eigenvalue weighted by molar-refractivity contribution is -0.152. The Bertz CT molecular complexity index is 1170. The molecule has 1 saturated heterocycles. The van der Waals surface area contributed by atoms with Gasteiger partial charge in [-0.15, -0.1) is 0 Å². The number of pyridine rings is 1. The molecule has 168 valence electrons. The number of hydrogen-bond donors (Lipinski definition) is 1. The first-order valence-electron chi connectivity index (χ1n) is 10.0. The van der Waals surface area contributed by atoms with Crippen molar-refractivity contribution in [1.29, 1.82) is 0 Å². The number of ether oxygens (including phenoxy) is 2. The predicted octanol–water partition coefficient (Wildman–Crippen LogP) is 5.44. The van der Waals surface area contributed by atoms with E-state index in [0.29, 0.717) is 64.2 Å². The Kier molecular flexibility index (Phi) is 6.31. The van der Waals surface area contributed by atoms with Crippen LogP contribution in [0.3, 0.4) is 0 Å². The van der Waals surface area contributed by atoms with Crippen molar-refractivity contribution < 1.29 is 23.8 Å². The van der Waals surface area contributed by atoms with Crippen molar-refractivity contribution in [2.24, 2.45) is 5.41 Å². The SMILES string of the molecule is COc1ccc2c(OCC3(C(=O)O)CCN(c4ccc(Cl)cc4F)CC3)ccc(Cl)c2n1. The number of halogens is 3. The average molecular weight is 479 g/mol. The third-order valence-corrected chi connectivity index (χ3v) is 6.42. The van der Waals surface area contributed by atoms with Gasteiger partial charge in [-0.1, -0.05) is 23.2 Å². The zero-order chi connectivity index (χ0) is 22.9. The lowest BCUT2D eigenvalue weighted by Crippen LogP contribution is -2.48. The number of methoxy groups -OCH3 is 1. The van der Waals surface area contributed by atoms with Gasteiger partial charge < -0.3 is 19.5 Å². The number of benzene rings is 2. The van der Waals surface area contributed by atoms with Crippen LogP contribution in [-0.4, -0.2) is 42.9 Å². The third kappa shape index (κ3) is 4.27. The number of anilines is 1. The summed E-state index contributed by atoms with van der Waals surface area (Å²) in [5.41, 5.74) is -0.162. The molecule has 1 N–H and O–H groups in total. The first-order chi connectivity index (χ1) is 15.3. The molecule has 0 unspecified atom stereocenters. The molecule has 9 heteroatoms. The summed E-state index contributed by atoms with van der Waals surface area (Å²) in [5.74, 6) is -0.453. The molecule has 6 nitrogen and oxygen atoms in total. The van der Waals surface area contributed by atoms with Crippen LogP contribution in [0, 0.1) is 11.2 Å². The van der Waals surface area contributed by atoms with Crippen molar-refractivity contribution in [3.05, 3.63) is 58.3 Å². The molecular formula is C23H21Cl2FN2O4. The molecule has 32 heavy (non-hydrogen) atoms. The molecule has 0 spiro atoms. The number of fused-ring (bicyclic) bond motifs is 1. The van der Waals surface area contributed by atoms with Crippen LogP contribution in [0.1, 0.15) is 12.8 Å². The third-order valence-electron chi connectivity index (χ3n) is 5.88. The van der Waals surface area contributed by atoms with Gasteiger partial charge in [-0.3, -0.25) is 4.79 Å². The molecule has 4 rings (SSSR count). The minimum Gasteiger partial charge on any atom is -0.492 e. The van der Waals surface area contributed by atoms with E-state index in [9.17, 15) is 14.3 Å². The Morgan fingerprint density at radius 1 is 1.19 bits per heavy atom. The van der Waals surface area contributed by atoms with Crippen LogP contribution in [0.25, 0.3) is 10.9 Å². The van der Waals surface area contributed by atoms with Crippen LogP contribution in [-0.2, 0) is 4.79 Å². The van der Waals surface area contributed by atoms with Gasteiger partial charge in [0, 0.05) is 29.6 Å². The number of aliphatic carboxylic acids is 1. The second kappa shape index (κ2) is 9.00. The molecule has 1 fully saturated rings. The largest absolute Gasteiger partial charge is 0.492 e. The molecule has 0 aliphatic carbocycles. The highest BCUT2D eigenvalue weighted by Gasteiger charge is 2.43. The van der Waals surface area contributed by atoms with E-state index in [1.807, 2.05) is 4.90 Å². The molecule has 0 atom stereocenters. The van der Waals surface area contributed by atoms with E-state index in [-0.39, 0.29) is 6.61 Å². The zero-order valence-electron chi connectivity index (χ0n) is 17.3. The second-order valence-electron chi connectivity index (χ2n) is 7.75. The molecule has 3 aromatic rings. The molecule has 2 heterocycles. The number of rotatable bonds is 6. The summed E-state index contributed by atoms with van der Waals surface area (Å²) in [6, 6.07) is 11.3. The van der Waals surface area contributed by atoms with Gasteiger partial charge in [0.2, 0.25) is 5.88 Å². The summed E-state index contributed by atoms with van der Waals surface area (Å²) in [7, 11) is 1.52. The van der Waals surface area contributed by atoms with Crippen molar-refractivity contribution in [3.8, 4) is 11.6 Å². The quantitative estimate of drug-likeness (QED) is 0.508. The summed E-state index contributed by atoms with van der Waals surface area (Å²) in [4.78, 5) is 18.4. The number of nitrogens with zero attached hydrogens (tertiary/aromatic N) is 2. The number of carboxylic acids is 1. The summed E-state index contributed by atoms with van der Waals surface area (Å²) in [5, 5.41) is 11.4. The van der Waals surface area contributed by atoms with E-state index in [1.165, 1.54) is 13.2 Å². The van der Waals surface area contributed by atoms with Crippen molar-refractivity contribution in [2.75, 3.05) is 31.7 Å². The highest BCUT2D eigenvalue weighted by molar-refractivity contribution is 6.35. The topological polar surface area (TPSA) is 71.9 Å². The average Bonchev–Trinajstić information content (AvgIpc) is 2.79. The Morgan fingerprint density at radius 3 is 2.59 bits per heavy atom. The normalized spacial score (nSPS) is 15.6. The van der Waals surface area contributed by atoms with Crippen molar-refractivity contribution in [3.63, 3.8) is 0 Å². The fourth-order valence-corrected chi connectivity index (χ4v) is 4.29. The van der Waals surface area contributed by atoms with Crippen LogP contribution in [0.2, 0.25) is 10.0 Å². The first-order valence-corrected chi connectivity index (χ1v) is 10.8. The van der Waals surface area contributed by atoms with Crippen LogP contribution in [0.4, 0.5) is 10.1 Å². The Labute approximate surface area is 194 Å². The Balaban J connectivity index is 1.53. The summed E-state index contributed by atoms with van der Waals surface area (Å²) in [6.45, 7) is 0.741. The van der Waals surface area contributed by atoms with Crippen LogP contribution in [0.5, 0.6) is 11.6 Å². The van der Waals surface area contributed by atoms with Gasteiger partial charge in [0.15, 0.2) is 0 Å². The van der Waals surface area contributed by atoms with Gasteiger partial charge in [-0.25, -0.2) is 9.37 Å². The molecule has 0 radical (unpaired) electrons. The summed E-state index contributed by atoms with van der Waals surface area (Å²) >= 11 is 12.1. The standard InChI is InChI=1S/C23H21Cl2FN2O4/c1-31-20-7-3-15-19(6-4-16(25)21(15)27-20)32-13-23(22(29)30)8-10-28(11-9-23)18-5-2-14(24)12-17(18)26/h2-7,12H,8-11,13H2,1H3,(H,29,30). The van der Waals surface area contributed by atoms with Crippen LogP contribution in [0.15, 0.2) is 42.5 Å². The molecule has 0 saturated carbocycles. The fourth-order valence-electron chi connectivity index (χ4n) is 3.93. The maximum atomic E-state index is 14.3. The lowest BCUT2D eigenvalue weighted by Gasteiger charge is -2.39. The van der Waals surface area contributed by atoms with Crippen LogP contribution < -0.4 is 14.4 Å². The molecule has 0 bridgehead atoms. The molecule has 1 aliphatic rings. The lowest BCUT2D eigenvalue weighted by atomic mass is 9.79. The predicted molar refractivity (Wildman–Crippen MR) is 122 cm³/mol. The van der Waals surface area contributed by atoms with Crippen molar-refractivity contribution in [1.82, 2.24) is 4.98 Å². The number of carbonyl (C=O) groups is 1. The van der Waals surface area contributed by atoms with Crippen molar-refractivity contribution in [2.45, 2.75) is 12.8 Å². The molecule has 1 aliphatic heterocycles. The van der Waals surface area contributed by atoms with Gasteiger partial charge in [-0.2, -0.15) is 0 Å². The molecule has 2 aromatic carbocycles. The smallest absolute Gasteiger partial charge is 0.313 e. The van der Waals surface area contributed by atoms with E-state index in [0.717, 1.165) is 0 Å².